The largest absolute Gasteiger partial charge is 0.333 e. The Bertz CT molecular complexity index is 662. The monoisotopic (exact) mass is 293 g/mol. The molecule has 7 nitrogen and oxygen atoms in total. The Hall–Kier alpha value is -2.38. The van der Waals surface area contributed by atoms with E-state index in [9.17, 15) is 10.1 Å². The first kappa shape index (κ1) is 14.0. The van der Waals surface area contributed by atoms with Crippen molar-refractivity contribution < 1.29 is 4.92 Å². The van der Waals surface area contributed by atoms with Crippen LogP contribution in [0.15, 0.2) is 30.3 Å². The normalized spacial score (nSPS) is 10.2. The molecule has 8 heteroatoms. The van der Waals surface area contributed by atoms with Gasteiger partial charge in [0.2, 0.25) is 5.82 Å². The molecule has 104 valence electrons. The maximum atomic E-state index is 11.0. The van der Waals surface area contributed by atoms with Crippen LogP contribution in [0.3, 0.4) is 0 Å². The summed E-state index contributed by atoms with van der Waals surface area (Å²) in [7, 11) is 0. The first-order chi connectivity index (χ1) is 9.52. The van der Waals surface area contributed by atoms with E-state index in [1.165, 1.54) is 12.1 Å². The summed E-state index contributed by atoms with van der Waals surface area (Å²) in [6.45, 7) is 1.84. The smallest absolute Gasteiger partial charge is 0.311 e. The van der Waals surface area contributed by atoms with Gasteiger partial charge in [-0.3, -0.25) is 10.1 Å². The number of benzene rings is 1. The number of anilines is 3. The van der Waals surface area contributed by atoms with Crippen molar-refractivity contribution in [3.05, 3.63) is 51.0 Å². The van der Waals surface area contributed by atoms with Crippen molar-refractivity contribution in [2.45, 2.75) is 6.92 Å². The van der Waals surface area contributed by atoms with Crippen molar-refractivity contribution in [2.75, 3.05) is 10.7 Å². The Balaban J connectivity index is 2.46. The number of nitrogens with zero attached hydrogens (tertiary/aromatic N) is 2. The van der Waals surface area contributed by atoms with E-state index < -0.39 is 4.92 Å². The second-order valence-electron chi connectivity index (χ2n) is 4.03. The molecule has 0 saturated carbocycles. The Kier molecular flexibility index (Phi) is 4.02. The summed E-state index contributed by atoms with van der Waals surface area (Å²) in [5.74, 6) is 5.63. The zero-order valence-electron chi connectivity index (χ0n) is 10.6. The third kappa shape index (κ3) is 2.79. The highest BCUT2D eigenvalue weighted by molar-refractivity contribution is 6.34. The summed E-state index contributed by atoms with van der Waals surface area (Å²) in [5.41, 5.74) is 3.57. The van der Waals surface area contributed by atoms with Crippen LogP contribution in [0.1, 0.15) is 5.56 Å². The molecule has 0 aliphatic rings. The predicted octanol–water partition coefficient (Wildman–Crippen LogP) is 2.98. The number of hydrogen-bond acceptors (Lipinski definition) is 6. The van der Waals surface area contributed by atoms with E-state index in [0.717, 1.165) is 5.56 Å². The van der Waals surface area contributed by atoms with Crippen LogP contribution in [-0.2, 0) is 0 Å². The summed E-state index contributed by atoms with van der Waals surface area (Å²) in [4.78, 5) is 14.5. The van der Waals surface area contributed by atoms with Crippen molar-refractivity contribution in [3.8, 4) is 0 Å². The van der Waals surface area contributed by atoms with Gasteiger partial charge in [0.1, 0.15) is 5.82 Å². The first-order valence-electron chi connectivity index (χ1n) is 5.67. The zero-order chi connectivity index (χ0) is 14.7. The fraction of sp³-hybridized carbons (Fsp3) is 0.0833. The van der Waals surface area contributed by atoms with Gasteiger partial charge in [0.25, 0.3) is 0 Å². The van der Waals surface area contributed by atoms with E-state index in [0.29, 0.717) is 16.5 Å². The molecule has 0 unspecified atom stereocenters. The molecule has 0 atom stereocenters. The average molecular weight is 294 g/mol. The van der Waals surface area contributed by atoms with Crippen LogP contribution in [-0.4, -0.2) is 9.91 Å². The van der Waals surface area contributed by atoms with Gasteiger partial charge in [-0.15, -0.1) is 0 Å². The molecular formula is C12H12ClN5O2. The summed E-state index contributed by atoms with van der Waals surface area (Å²) >= 11 is 6.15. The molecule has 1 heterocycles. The number of halogens is 1. The Morgan fingerprint density at radius 2 is 2.10 bits per heavy atom. The van der Waals surface area contributed by atoms with Crippen molar-refractivity contribution in [2.24, 2.45) is 5.84 Å². The molecule has 0 fully saturated rings. The van der Waals surface area contributed by atoms with E-state index in [-0.39, 0.29) is 11.5 Å². The molecule has 0 saturated heterocycles. The second kappa shape index (κ2) is 5.72. The minimum absolute atomic E-state index is 0.0675. The highest BCUT2D eigenvalue weighted by Gasteiger charge is 2.17. The SMILES string of the molecule is Cc1cccc(Nc2nc(NN)ccc2[N+](=O)[O-])c1Cl. The Morgan fingerprint density at radius 3 is 2.75 bits per heavy atom. The van der Waals surface area contributed by atoms with Crippen molar-refractivity contribution in [1.29, 1.82) is 0 Å². The fourth-order valence-electron chi connectivity index (χ4n) is 1.64. The van der Waals surface area contributed by atoms with Gasteiger partial charge in [-0.25, -0.2) is 10.8 Å². The van der Waals surface area contributed by atoms with Gasteiger partial charge in [0, 0.05) is 6.07 Å². The fourth-order valence-corrected chi connectivity index (χ4v) is 1.82. The van der Waals surface area contributed by atoms with Gasteiger partial charge in [-0.2, -0.15) is 0 Å². The molecule has 0 bridgehead atoms. The van der Waals surface area contributed by atoms with Crippen LogP contribution in [0.5, 0.6) is 0 Å². The summed E-state index contributed by atoms with van der Waals surface area (Å²) in [6, 6.07) is 8.08. The summed E-state index contributed by atoms with van der Waals surface area (Å²) in [6.07, 6.45) is 0. The van der Waals surface area contributed by atoms with Gasteiger partial charge in [-0.05, 0) is 24.6 Å². The first-order valence-corrected chi connectivity index (χ1v) is 6.05. The van der Waals surface area contributed by atoms with Crippen LogP contribution in [0.25, 0.3) is 0 Å². The van der Waals surface area contributed by atoms with Gasteiger partial charge in [0.05, 0.1) is 15.6 Å². The molecule has 1 aromatic heterocycles. The van der Waals surface area contributed by atoms with Gasteiger partial charge >= 0.3 is 5.69 Å². The lowest BCUT2D eigenvalue weighted by atomic mass is 10.2. The number of aromatic nitrogens is 1. The third-order valence-corrected chi connectivity index (χ3v) is 3.17. The predicted molar refractivity (Wildman–Crippen MR) is 78.2 cm³/mol. The number of hydrazine groups is 1. The van der Waals surface area contributed by atoms with Crippen LogP contribution >= 0.6 is 11.6 Å². The number of nitrogens with one attached hydrogen (secondary N) is 2. The zero-order valence-corrected chi connectivity index (χ0v) is 11.3. The lowest BCUT2D eigenvalue weighted by Gasteiger charge is -2.10. The van der Waals surface area contributed by atoms with Crippen LogP contribution < -0.4 is 16.6 Å². The van der Waals surface area contributed by atoms with Crippen LogP contribution in [0.4, 0.5) is 23.0 Å². The molecular weight excluding hydrogens is 282 g/mol. The summed E-state index contributed by atoms with van der Waals surface area (Å²) < 4.78 is 0. The lowest BCUT2D eigenvalue weighted by molar-refractivity contribution is -0.384. The highest BCUT2D eigenvalue weighted by atomic mass is 35.5. The van der Waals surface area contributed by atoms with Crippen molar-refractivity contribution in [3.63, 3.8) is 0 Å². The number of rotatable bonds is 4. The van der Waals surface area contributed by atoms with E-state index in [2.05, 4.69) is 15.7 Å². The number of nitro groups is 1. The van der Waals surface area contributed by atoms with Crippen molar-refractivity contribution >= 4 is 34.6 Å². The Labute approximate surface area is 119 Å². The quantitative estimate of drug-likeness (QED) is 0.454. The molecule has 0 aliphatic heterocycles. The number of nitrogens with two attached hydrogens (primary N) is 1. The Morgan fingerprint density at radius 1 is 1.35 bits per heavy atom. The van der Waals surface area contributed by atoms with E-state index in [1.54, 1.807) is 12.1 Å². The minimum Gasteiger partial charge on any atom is -0.333 e. The highest BCUT2D eigenvalue weighted by Crippen LogP contribution is 2.31. The van der Waals surface area contributed by atoms with Gasteiger partial charge in [-0.1, -0.05) is 23.7 Å². The molecule has 0 amide bonds. The molecule has 1 aromatic carbocycles. The molecule has 20 heavy (non-hydrogen) atoms. The number of nitrogen functional groups attached to an aromatic ring is 1. The average Bonchev–Trinajstić information content (AvgIpc) is 2.43. The number of hydrogen-bond donors (Lipinski definition) is 3. The van der Waals surface area contributed by atoms with E-state index in [1.807, 2.05) is 13.0 Å². The maximum absolute atomic E-state index is 11.0. The molecule has 2 rings (SSSR count). The minimum atomic E-state index is -0.528. The third-order valence-electron chi connectivity index (χ3n) is 2.66. The molecule has 0 spiro atoms. The topological polar surface area (TPSA) is 106 Å². The standard InChI is InChI=1S/C12H12ClN5O2/c1-7-3-2-4-8(11(7)13)15-12-9(18(19)20)5-6-10(16-12)17-14/h2-6H,14H2,1H3,(H2,15,16,17). The van der Waals surface area contributed by atoms with Crippen LogP contribution in [0, 0.1) is 17.0 Å². The number of aryl methyl sites for hydroxylation is 1. The van der Waals surface area contributed by atoms with Gasteiger partial charge < -0.3 is 10.7 Å². The molecule has 0 radical (unpaired) electrons. The summed E-state index contributed by atoms with van der Waals surface area (Å²) in [5, 5.41) is 14.3. The van der Waals surface area contributed by atoms with Crippen LogP contribution in [0.2, 0.25) is 5.02 Å². The molecule has 4 N–H and O–H groups in total. The molecule has 0 aliphatic carbocycles. The molecule has 2 aromatic rings. The van der Waals surface area contributed by atoms with E-state index >= 15 is 0 Å². The lowest BCUT2D eigenvalue weighted by Crippen LogP contribution is -2.10. The second-order valence-corrected chi connectivity index (χ2v) is 4.41. The van der Waals surface area contributed by atoms with Crippen molar-refractivity contribution in [1.82, 2.24) is 4.98 Å². The number of pyridine rings is 1. The van der Waals surface area contributed by atoms with Gasteiger partial charge in [0.15, 0.2) is 0 Å². The maximum Gasteiger partial charge on any atom is 0.311 e. The van der Waals surface area contributed by atoms with E-state index in [4.69, 9.17) is 17.4 Å².